The first-order valence-electron chi connectivity index (χ1n) is 24.1. The Morgan fingerprint density at radius 3 is 1.13 bits per heavy atom. The number of pyridine rings is 2. The van der Waals surface area contributed by atoms with Gasteiger partial charge in [0.15, 0.2) is 0 Å². The molecule has 0 aliphatic heterocycles. The van der Waals surface area contributed by atoms with E-state index < -0.39 is 0 Å². The van der Waals surface area contributed by atoms with Crippen molar-refractivity contribution in [3.63, 3.8) is 0 Å². The van der Waals surface area contributed by atoms with Gasteiger partial charge in [0.2, 0.25) is 0 Å². The van der Waals surface area contributed by atoms with E-state index in [2.05, 4.69) is 243 Å². The van der Waals surface area contributed by atoms with Crippen LogP contribution in [0.2, 0.25) is 0 Å². The molecule has 2 aromatic heterocycles. The van der Waals surface area contributed by atoms with E-state index in [1.54, 1.807) is 0 Å². The van der Waals surface area contributed by atoms with Crippen LogP contribution in [0, 0.1) is 0 Å². The predicted molar refractivity (Wildman–Crippen MR) is 299 cm³/mol. The molecule has 2 nitrogen and oxygen atoms in total. The fourth-order valence-electron chi connectivity index (χ4n) is 11.8. The molecule has 70 heavy (non-hydrogen) atoms. The molecule has 0 atom stereocenters. The highest BCUT2D eigenvalue weighted by Crippen LogP contribution is 2.45. The lowest BCUT2D eigenvalue weighted by Crippen LogP contribution is -1.94. The van der Waals surface area contributed by atoms with Gasteiger partial charge in [-0.05, 0) is 128 Å². The largest absolute Gasteiger partial charge is 0.247 e. The molecule has 13 aromatic carbocycles. The molecule has 0 unspecified atom stereocenters. The van der Waals surface area contributed by atoms with E-state index in [9.17, 15) is 0 Å². The maximum absolute atomic E-state index is 5.69. The zero-order valence-corrected chi connectivity index (χ0v) is 38.0. The molecular weight excluding hydrogens is 845 g/mol. The van der Waals surface area contributed by atoms with Crippen molar-refractivity contribution >= 4 is 108 Å². The Kier molecular flexibility index (Phi) is 8.39. The zero-order chi connectivity index (χ0) is 45.9. The smallest absolute Gasteiger partial charge is 0.0794 e. The second kappa shape index (κ2) is 15.1. The van der Waals surface area contributed by atoms with Crippen LogP contribution < -0.4 is 0 Å². The van der Waals surface area contributed by atoms with Crippen molar-refractivity contribution < 1.29 is 0 Å². The number of fused-ring (bicyclic) bond motifs is 18. The lowest BCUT2D eigenvalue weighted by molar-refractivity contribution is 1.41. The van der Waals surface area contributed by atoms with Crippen LogP contribution in [0.4, 0.5) is 0 Å². The first kappa shape index (κ1) is 38.8. The molecule has 2 heterocycles. The first-order valence-corrected chi connectivity index (χ1v) is 24.1. The molecule has 15 aromatic rings. The van der Waals surface area contributed by atoms with E-state index in [-0.39, 0.29) is 0 Å². The summed E-state index contributed by atoms with van der Waals surface area (Å²) in [5.74, 6) is 0. The maximum Gasteiger partial charge on any atom is 0.0794 e. The molecular formula is C68H40N2. The fourth-order valence-corrected chi connectivity index (χ4v) is 11.8. The molecule has 0 bridgehead atoms. The Labute approximate surface area is 403 Å². The number of rotatable bonds is 4. The van der Waals surface area contributed by atoms with Gasteiger partial charge < -0.3 is 0 Å². The zero-order valence-electron chi connectivity index (χ0n) is 38.0. The van der Waals surface area contributed by atoms with Crippen LogP contribution in [-0.2, 0) is 0 Å². The van der Waals surface area contributed by atoms with E-state index >= 15 is 0 Å². The molecule has 0 aliphatic carbocycles. The number of aromatic nitrogens is 2. The van der Waals surface area contributed by atoms with E-state index in [1.165, 1.54) is 91.9 Å². The SMILES string of the molecule is c1ccc2c(c1)nc(-c1ccc(-c3cc(-c4ccc5c6ccccc6c6ccccc6c5c4)nc4c3cc(-c3ccc5c6ccccc6c6ccccc6c5c3)c3ccccc34)cc1)c1ccccc12. The van der Waals surface area contributed by atoms with Crippen molar-refractivity contribution in [3.8, 4) is 44.8 Å². The van der Waals surface area contributed by atoms with Crippen molar-refractivity contribution in [2.24, 2.45) is 0 Å². The molecule has 0 fully saturated rings. The summed E-state index contributed by atoms with van der Waals surface area (Å²) >= 11 is 0. The molecule has 0 spiro atoms. The van der Waals surface area contributed by atoms with Crippen molar-refractivity contribution in [1.29, 1.82) is 0 Å². The number of hydrogen-bond acceptors (Lipinski definition) is 2. The lowest BCUT2D eigenvalue weighted by atomic mass is 9.88. The fraction of sp³-hybridized carbons (Fsp3) is 0. The van der Waals surface area contributed by atoms with Crippen LogP contribution >= 0.6 is 0 Å². The first-order chi connectivity index (χ1) is 34.7. The third kappa shape index (κ3) is 5.81. The number of nitrogens with zero attached hydrogens (tertiary/aromatic N) is 2. The Balaban J connectivity index is 0.988. The minimum Gasteiger partial charge on any atom is -0.247 e. The Morgan fingerprint density at radius 1 is 0.200 bits per heavy atom. The quantitative estimate of drug-likeness (QED) is 0.165. The average molecular weight is 885 g/mol. The van der Waals surface area contributed by atoms with Gasteiger partial charge in [-0.1, -0.05) is 212 Å². The summed E-state index contributed by atoms with van der Waals surface area (Å²) in [7, 11) is 0. The molecule has 0 aliphatic rings. The van der Waals surface area contributed by atoms with Crippen molar-refractivity contribution in [1.82, 2.24) is 9.97 Å². The van der Waals surface area contributed by atoms with Crippen molar-refractivity contribution in [2.45, 2.75) is 0 Å². The minimum atomic E-state index is 0.940. The topological polar surface area (TPSA) is 25.8 Å². The lowest BCUT2D eigenvalue weighted by Gasteiger charge is -2.17. The van der Waals surface area contributed by atoms with Gasteiger partial charge in [0, 0.05) is 32.7 Å². The Morgan fingerprint density at radius 2 is 0.571 bits per heavy atom. The van der Waals surface area contributed by atoms with Gasteiger partial charge in [-0.15, -0.1) is 0 Å². The van der Waals surface area contributed by atoms with E-state index in [4.69, 9.17) is 9.97 Å². The van der Waals surface area contributed by atoms with Crippen LogP contribution in [0.15, 0.2) is 243 Å². The van der Waals surface area contributed by atoms with Gasteiger partial charge in [-0.3, -0.25) is 0 Å². The van der Waals surface area contributed by atoms with Crippen LogP contribution in [0.3, 0.4) is 0 Å². The monoisotopic (exact) mass is 884 g/mol. The number of hydrogen-bond donors (Lipinski definition) is 0. The van der Waals surface area contributed by atoms with Crippen LogP contribution in [-0.4, -0.2) is 9.97 Å². The average Bonchev–Trinajstić information content (AvgIpc) is 3.44. The summed E-state index contributed by atoms with van der Waals surface area (Å²) in [6.45, 7) is 0. The summed E-state index contributed by atoms with van der Waals surface area (Å²) in [6.07, 6.45) is 0. The highest BCUT2D eigenvalue weighted by molar-refractivity contribution is 6.28. The Hall–Kier alpha value is -9.24. The van der Waals surface area contributed by atoms with Crippen LogP contribution in [0.5, 0.6) is 0 Å². The van der Waals surface area contributed by atoms with E-state index in [1.807, 2.05) is 0 Å². The summed E-state index contributed by atoms with van der Waals surface area (Å²) in [6, 6.07) is 88.9. The highest BCUT2D eigenvalue weighted by Gasteiger charge is 2.19. The number of para-hydroxylation sites is 1. The molecule has 0 radical (unpaired) electrons. The molecule has 15 rings (SSSR count). The third-order valence-electron chi connectivity index (χ3n) is 15.0. The second-order valence-electron chi connectivity index (χ2n) is 18.7. The predicted octanol–water partition coefficient (Wildman–Crippen LogP) is 18.7. The van der Waals surface area contributed by atoms with Crippen molar-refractivity contribution in [2.75, 3.05) is 0 Å². The summed E-state index contributed by atoms with van der Waals surface area (Å²) in [5, 5.41) is 22.1. The normalized spacial score (nSPS) is 12.0. The minimum absolute atomic E-state index is 0.940. The van der Waals surface area contributed by atoms with E-state index in [0.717, 1.165) is 60.8 Å². The molecule has 322 valence electrons. The van der Waals surface area contributed by atoms with Gasteiger partial charge >= 0.3 is 0 Å². The van der Waals surface area contributed by atoms with Gasteiger partial charge in [0.25, 0.3) is 0 Å². The number of benzene rings is 13. The molecule has 2 heteroatoms. The van der Waals surface area contributed by atoms with Gasteiger partial charge in [0.05, 0.1) is 22.4 Å². The van der Waals surface area contributed by atoms with E-state index in [0.29, 0.717) is 0 Å². The van der Waals surface area contributed by atoms with Crippen molar-refractivity contribution in [3.05, 3.63) is 243 Å². The standard InChI is InChI=1S/C68H40N2/c1-3-19-49-45(15-1)47-17-5-7-21-51(47)62-37-43(33-35-55(49)62)60-39-64-61(41-29-31-42(32-30-41)67-58-26-11-9-23-53(58)57-25-13-14-28-65(57)69-67)40-66(70-68(64)59-27-12-10-24-54(59)60)44-34-36-56-50-20-4-2-16-46(50)48-18-6-8-22-52(48)63(56)38-44/h1-40H. The van der Waals surface area contributed by atoms with Gasteiger partial charge in [0.1, 0.15) is 0 Å². The Bertz CT molecular complexity index is 4630. The third-order valence-corrected chi connectivity index (χ3v) is 15.0. The highest BCUT2D eigenvalue weighted by atomic mass is 14.7. The van der Waals surface area contributed by atoms with Gasteiger partial charge in [-0.2, -0.15) is 0 Å². The molecule has 0 saturated carbocycles. The molecule has 0 saturated heterocycles. The summed E-state index contributed by atoms with van der Waals surface area (Å²) in [5.41, 5.74) is 10.7. The summed E-state index contributed by atoms with van der Waals surface area (Å²) < 4.78 is 0. The van der Waals surface area contributed by atoms with Gasteiger partial charge in [-0.25, -0.2) is 9.97 Å². The molecule has 0 N–H and O–H groups in total. The second-order valence-corrected chi connectivity index (χ2v) is 18.7. The summed E-state index contributed by atoms with van der Waals surface area (Å²) in [4.78, 5) is 11.0. The maximum atomic E-state index is 5.69. The van der Waals surface area contributed by atoms with Crippen LogP contribution in [0.25, 0.3) is 153 Å². The van der Waals surface area contributed by atoms with Crippen LogP contribution in [0.1, 0.15) is 0 Å². The molecule has 0 amide bonds.